The number of esters is 1. The van der Waals surface area contributed by atoms with Crippen LogP contribution in [0.1, 0.15) is 23.1 Å². The Kier molecular flexibility index (Phi) is 5.08. The van der Waals surface area contributed by atoms with Crippen molar-refractivity contribution in [2.75, 3.05) is 7.11 Å². The number of benzene rings is 2. The van der Waals surface area contributed by atoms with Gasteiger partial charge in [0.1, 0.15) is 0 Å². The fourth-order valence-electron chi connectivity index (χ4n) is 2.99. The van der Waals surface area contributed by atoms with Gasteiger partial charge in [0.05, 0.1) is 23.6 Å². The number of rotatable bonds is 4. The Morgan fingerprint density at radius 2 is 1.81 bits per heavy atom. The number of hydrogen-bond donors (Lipinski definition) is 1. The van der Waals surface area contributed by atoms with E-state index in [0.29, 0.717) is 18.6 Å². The molecule has 0 bridgehead atoms. The first kappa shape index (κ1) is 18.1. The monoisotopic (exact) mass is 372 g/mol. The van der Waals surface area contributed by atoms with Crippen molar-refractivity contribution in [2.24, 2.45) is 11.0 Å². The minimum atomic E-state index is -3.78. The minimum absolute atomic E-state index is 0.140. The zero-order chi connectivity index (χ0) is 18.7. The van der Waals surface area contributed by atoms with Gasteiger partial charge in [-0.05, 0) is 31.0 Å². The summed E-state index contributed by atoms with van der Waals surface area (Å²) in [6.07, 6.45) is 0.868. The Morgan fingerprint density at radius 1 is 1.12 bits per heavy atom. The van der Waals surface area contributed by atoms with Gasteiger partial charge in [0.25, 0.3) is 10.0 Å². The molecule has 3 rings (SSSR count). The van der Waals surface area contributed by atoms with Crippen molar-refractivity contribution in [3.63, 3.8) is 0 Å². The highest BCUT2D eigenvalue weighted by atomic mass is 32.2. The van der Waals surface area contributed by atoms with E-state index in [1.807, 2.05) is 31.2 Å². The highest BCUT2D eigenvalue weighted by Crippen LogP contribution is 2.27. The maximum Gasteiger partial charge on any atom is 0.309 e. The Morgan fingerprint density at radius 3 is 2.50 bits per heavy atom. The fraction of sp³-hybridized carbons (Fsp3) is 0.263. The molecule has 0 amide bonds. The second-order valence-electron chi connectivity index (χ2n) is 6.25. The Bertz CT molecular complexity index is 950. The first-order valence-corrected chi connectivity index (χ1v) is 9.70. The topological polar surface area (TPSA) is 84.8 Å². The maximum atomic E-state index is 12.5. The summed E-state index contributed by atoms with van der Waals surface area (Å²) in [4.78, 5) is 14.4. The van der Waals surface area contributed by atoms with E-state index in [9.17, 15) is 13.2 Å². The Balaban J connectivity index is 1.91. The van der Waals surface area contributed by atoms with E-state index in [1.165, 1.54) is 19.2 Å². The van der Waals surface area contributed by atoms with Gasteiger partial charge in [-0.25, -0.2) is 0 Å². The van der Waals surface area contributed by atoms with Gasteiger partial charge in [0.2, 0.25) is 0 Å². The van der Waals surface area contributed by atoms with Crippen LogP contribution in [0, 0.1) is 12.8 Å². The Labute approximate surface area is 152 Å². The van der Waals surface area contributed by atoms with E-state index < -0.39 is 10.0 Å². The van der Waals surface area contributed by atoms with Crippen molar-refractivity contribution in [1.29, 1.82) is 0 Å². The van der Waals surface area contributed by atoms with E-state index in [4.69, 9.17) is 4.74 Å². The summed E-state index contributed by atoms with van der Waals surface area (Å²) in [6, 6.07) is 14.0. The molecule has 26 heavy (non-hydrogen) atoms. The maximum absolute atomic E-state index is 12.5. The number of methoxy groups -OCH3 is 1. The molecular weight excluding hydrogens is 352 g/mol. The zero-order valence-corrected chi connectivity index (χ0v) is 15.4. The number of carbonyl (C=O) groups excluding carboxylic acids is 1. The molecule has 1 aliphatic rings. The van der Waals surface area contributed by atoms with Crippen molar-refractivity contribution < 1.29 is 17.9 Å². The normalized spacial score (nSPS) is 18.2. The van der Waals surface area contributed by atoms with Gasteiger partial charge in [-0.15, -0.1) is 0 Å². The van der Waals surface area contributed by atoms with Gasteiger partial charge in [-0.1, -0.05) is 42.0 Å². The molecule has 0 spiro atoms. The first-order valence-electron chi connectivity index (χ1n) is 8.22. The molecule has 2 aromatic carbocycles. The summed E-state index contributed by atoms with van der Waals surface area (Å²) >= 11 is 0. The van der Waals surface area contributed by atoms with Crippen LogP contribution in [0.2, 0.25) is 0 Å². The average Bonchev–Trinajstić information content (AvgIpc) is 2.65. The standard InChI is InChI=1S/C19H20N2O4S/c1-13-7-9-16(10-8-13)26(23,24)21-20-18-12-15(19(22)25-2)11-14-5-3-4-6-17(14)18/h3-10,15,21H,11-12H2,1-2H3. The van der Waals surface area contributed by atoms with Crippen LogP contribution in [-0.2, 0) is 26.0 Å². The van der Waals surface area contributed by atoms with Crippen molar-refractivity contribution in [3.8, 4) is 0 Å². The largest absolute Gasteiger partial charge is 0.469 e. The van der Waals surface area contributed by atoms with Gasteiger partial charge in [0.15, 0.2) is 0 Å². The average molecular weight is 372 g/mol. The number of hydrogen-bond acceptors (Lipinski definition) is 5. The Hall–Kier alpha value is -2.67. The number of sulfonamides is 1. The van der Waals surface area contributed by atoms with Crippen molar-refractivity contribution in [3.05, 3.63) is 65.2 Å². The van der Waals surface area contributed by atoms with Crippen LogP contribution < -0.4 is 4.83 Å². The minimum Gasteiger partial charge on any atom is -0.469 e. The van der Waals surface area contributed by atoms with Crippen LogP contribution in [0.25, 0.3) is 0 Å². The third-order valence-corrected chi connectivity index (χ3v) is 5.63. The number of fused-ring (bicyclic) bond motifs is 1. The number of nitrogens with zero attached hydrogens (tertiary/aromatic N) is 1. The van der Waals surface area contributed by atoms with Crippen molar-refractivity contribution in [1.82, 2.24) is 4.83 Å². The molecule has 0 aromatic heterocycles. The van der Waals surface area contributed by atoms with Gasteiger partial charge >= 0.3 is 5.97 Å². The second-order valence-corrected chi connectivity index (χ2v) is 7.91. The highest BCUT2D eigenvalue weighted by molar-refractivity contribution is 7.89. The predicted octanol–water partition coefficient (Wildman–Crippen LogP) is 2.41. The lowest BCUT2D eigenvalue weighted by Gasteiger charge is -2.24. The summed E-state index contributed by atoms with van der Waals surface area (Å²) in [5.41, 5.74) is 3.29. The fourth-order valence-corrected chi connectivity index (χ4v) is 3.82. The number of carbonyl (C=O) groups is 1. The van der Waals surface area contributed by atoms with Crippen LogP contribution >= 0.6 is 0 Å². The predicted molar refractivity (Wildman–Crippen MR) is 98.3 cm³/mol. The highest BCUT2D eigenvalue weighted by Gasteiger charge is 2.29. The van der Waals surface area contributed by atoms with Crippen LogP contribution in [-0.4, -0.2) is 27.2 Å². The molecule has 7 heteroatoms. The SMILES string of the molecule is COC(=O)C1CC(=NNS(=O)(=O)c2ccc(C)cc2)c2ccccc2C1. The molecule has 1 atom stereocenters. The quantitative estimate of drug-likeness (QED) is 0.660. The molecule has 6 nitrogen and oxygen atoms in total. The molecule has 0 aliphatic heterocycles. The van der Waals surface area contributed by atoms with E-state index >= 15 is 0 Å². The molecule has 1 aliphatic carbocycles. The summed E-state index contributed by atoms with van der Waals surface area (Å²) in [5.74, 6) is -0.703. The molecule has 0 saturated carbocycles. The summed E-state index contributed by atoms with van der Waals surface area (Å²) in [6.45, 7) is 1.88. The van der Waals surface area contributed by atoms with E-state index in [1.54, 1.807) is 12.1 Å². The van der Waals surface area contributed by atoms with E-state index in [-0.39, 0.29) is 16.8 Å². The van der Waals surface area contributed by atoms with E-state index in [0.717, 1.165) is 16.7 Å². The first-order chi connectivity index (χ1) is 12.4. The molecule has 0 heterocycles. The van der Waals surface area contributed by atoms with Crippen molar-refractivity contribution in [2.45, 2.75) is 24.7 Å². The van der Waals surface area contributed by atoms with E-state index in [2.05, 4.69) is 9.93 Å². The lowest BCUT2D eigenvalue weighted by Crippen LogP contribution is -2.30. The van der Waals surface area contributed by atoms with Crippen LogP contribution in [0.3, 0.4) is 0 Å². The number of hydrazone groups is 1. The molecule has 1 unspecified atom stereocenters. The lowest BCUT2D eigenvalue weighted by molar-refractivity contribution is -0.145. The molecular formula is C19H20N2O4S. The number of nitrogens with one attached hydrogen (secondary N) is 1. The molecule has 0 radical (unpaired) electrons. The van der Waals surface area contributed by atoms with Gasteiger partial charge in [-0.3, -0.25) is 4.79 Å². The third-order valence-electron chi connectivity index (χ3n) is 4.40. The van der Waals surface area contributed by atoms with Gasteiger partial charge < -0.3 is 4.74 Å². The van der Waals surface area contributed by atoms with Crippen LogP contribution in [0.15, 0.2) is 58.5 Å². The summed E-state index contributed by atoms with van der Waals surface area (Å²) in [7, 11) is -2.43. The van der Waals surface area contributed by atoms with Crippen molar-refractivity contribution >= 4 is 21.7 Å². The van der Waals surface area contributed by atoms with Gasteiger partial charge in [-0.2, -0.15) is 18.4 Å². The van der Waals surface area contributed by atoms with Crippen LogP contribution in [0.5, 0.6) is 0 Å². The molecule has 0 saturated heterocycles. The van der Waals surface area contributed by atoms with Gasteiger partial charge in [0, 0.05) is 12.0 Å². The number of aryl methyl sites for hydroxylation is 1. The molecule has 136 valence electrons. The smallest absolute Gasteiger partial charge is 0.309 e. The zero-order valence-electron chi connectivity index (χ0n) is 14.6. The molecule has 2 aromatic rings. The molecule has 1 N–H and O–H groups in total. The third kappa shape index (κ3) is 3.77. The van der Waals surface area contributed by atoms with Crippen LogP contribution in [0.4, 0.5) is 0 Å². The molecule has 0 fully saturated rings. The summed E-state index contributed by atoms with van der Waals surface area (Å²) < 4.78 is 29.8. The second kappa shape index (κ2) is 7.29. The lowest BCUT2D eigenvalue weighted by atomic mass is 9.82. The number of ether oxygens (including phenoxy) is 1. The summed E-state index contributed by atoms with van der Waals surface area (Å²) in [5, 5.41) is 4.13.